The number of phenolic OH excluding ortho intramolecular Hbond substituents is 1. The van der Waals surface area contributed by atoms with Crippen molar-refractivity contribution in [1.82, 2.24) is 0 Å². The normalized spacial score (nSPS) is 14.3. The van der Waals surface area contributed by atoms with E-state index in [1.807, 2.05) is 6.92 Å². The number of rotatable bonds is 5. The van der Waals surface area contributed by atoms with E-state index in [-0.39, 0.29) is 23.7 Å². The molecule has 0 saturated heterocycles. The van der Waals surface area contributed by atoms with Crippen molar-refractivity contribution in [3.8, 4) is 11.5 Å². The van der Waals surface area contributed by atoms with E-state index in [0.717, 1.165) is 18.2 Å². The Balaban J connectivity index is 0.00000361. The zero-order chi connectivity index (χ0) is 14.6. The van der Waals surface area contributed by atoms with Gasteiger partial charge in [-0.25, -0.2) is 0 Å². The Morgan fingerprint density at radius 3 is 2.45 bits per heavy atom. The van der Waals surface area contributed by atoms with Crippen molar-refractivity contribution in [3.63, 3.8) is 0 Å². The molecule has 2 atom stereocenters. The van der Waals surface area contributed by atoms with Crippen molar-refractivity contribution < 1.29 is 28.1 Å². The van der Waals surface area contributed by atoms with Gasteiger partial charge in [-0.3, -0.25) is 0 Å². The van der Waals surface area contributed by atoms with Crippen LogP contribution in [0.5, 0.6) is 11.5 Å². The third-order valence-corrected chi connectivity index (χ3v) is 2.59. The lowest BCUT2D eigenvalue weighted by molar-refractivity contribution is -0.274. The number of phenols is 1. The summed E-state index contributed by atoms with van der Waals surface area (Å²) in [5.41, 5.74) is 5.73. The monoisotopic (exact) mass is 315 g/mol. The van der Waals surface area contributed by atoms with Gasteiger partial charge in [0.2, 0.25) is 0 Å². The smallest absolute Gasteiger partial charge is 0.508 e. The summed E-state index contributed by atoms with van der Waals surface area (Å²) < 4.78 is 40.0. The van der Waals surface area contributed by atoms with Crippen LogP contribution in [0.1, 0.15) is 31.4 Å². The van der Waals surface area contributed by atoms with Gasteiger partial charge in [0.1, 0.15) is 11.5 Å². The number of ether oxygens (including phenoxy) is 1. The number of hydrogen-bond acceptors (Lipinski definition) is 4. The molecule has 0 spiro atoms. The first kappa shape index (κ1) is 18.8. The van der Waals surface area contributed by atoms with Crippen LogP contribution < -0.4 is 10.5 Å². The number of nitrogens with two attached hydrogens (primary N) is 1. The third-order valence-electron chi connectivity index (χ3n) is 2.59. The molecular weight excluding hydrogens is 299 g/mol. The summed E-state index contributed by atoms with van der Waals surface area (Å²) in [5.74, 6) is -0.767. The number of aliphatic hydroxyl groups excluding tert-OH is 1. The van der Waals surface area contributed by atoms with E-state index in [1.165, 1.54) is 0 Å². The molecule has 0 aliphatic heterocycles. The first-order chi connectivity index (χ1) is 8.74. The van der Waals surface area contributed by atoms with Gasteiger partial charge >= 0.3 is 6.36 Å². The van der Waals surface area contributed by atoms with Gasteiger partial charge in [0.25, 0.3) is 0 Å². The van der Waals surface area contributed by atoms with Gasteiger partial charge in [-0.1, -0.05) is 13.3 Å². The van der Waals surface area contributed by atoms with Crippen molar-refractivity contribution in [2.75, 3.05) is 0 Å². The number of halogens is 4. The lowest BCUT2D eigenvalue weighted by Gasteiger charge is -2.20. The maximum Gasteiger partial charge on any atom is 0.573 e. The molecule has 0 aliphatic rings. The molecule has 0 radical (unpaired) electrons. The molecule has 0 fully saturated rings. The van der Waals surface area contributed by atoms with Crippen LogP contribution in [0.15, 0.2) is 18.2 Å². The van der Waals surface area contributed by atoms with Gasteiger partial charge in [0.15, 0.2) is 0 Å². The number of aromatic hydroxyl groups is 1. The Morgan fingerprint density at radius 2 is 1.95 bits per heavy atom. The maximum absolute atomic E-state index is 12.1. The molecule has 0 aromatic heterocycles. The van der Waals surface area contributed by atoms with E-state index in [9.17, 15) is 23.4 Å². The quantitative estimate of drug-likeness (QED) is 0.781. The zero-order valence-electron chi connectivity index (χ0n) is 10.7. The Hall–Kier alpha value is -1.18. The molecule has 8 heteroatoms. The Labute approximate surface area is 120 Å². The number of benzene rings is 1. The predicted molar refractivity (Wildman–Crippen MR) is 69.9 cm³/mol. The summed E-state index contributed by atoms with van der Waals surface area (Å²) in [7, 11) is 0. The maximum atomic E-state index is 12.1. The minimum absolute atomic E-state index is 0. The van der Waals surface area contributed by atoms with Crippen LogP contribution >= 0.6 is 12.4 Å². The van der Waals surface area contributed by atoms with E-state index >= 15 is 0 Å². The second-order valence-corrected chi connectivity index (χ2v) is 4.15. The van der Waals surface area contributed by atoms with Gasteiger partial charge in [-0.05, 0) is 24.6 Å². The minimum Gasteiger partial charge on any atom is -0.508 e. The Morgan fingerprint density at radius 1 is 1.35 bits per heavy atom. The van der Waals surface area contributed by atoms with E-state index in [0.29, 0.717) is 12.8 Å². The van der Waals surface area contributed by atoms with Crippen molar-refractivity contribution in [1.29, 1.82) is 0 Å². The van der Waals surface area contributed by atoms with Gasteiger partial charge < -0.3 is 20.7 Å². The lowest BCUT2D eigenvalue weighted by Crippen LogP contribution is -2.26. The predicted octanol–water partition coefficient (Wildman–Crippen LogP) is 2.87. The molecule has 4 nitrogen and oxygen atoms in total. The average Bonchev–Trinajstić information content (AvgIpc) is 2.29. The highest BCUT2D eigenvalue weighted by molar-refractivity contribution is 5.85. The van der Waals surface area contributed by atoms with Crippen molar-refractivity contribution in [3.05, 3.63) is 23.8 Å². The second kappa shape index (κ2) is 7.56. The molecular formula is C12H17ClF3NO3. The van der Waals surface area contributed by atoms with Crippen LogP contribution in [0.25, 0.3) is 0 Å². The molecule has 20 heavy (non-hydrogen) atoms. The molecule has 1 rings (SSSR count). The number of aliphatic hydroxyl groups is 1. The molecule has 1 aromatic carbocycles. The highest BCUT2D eigenvalue weighted by Gasteiger charge is 2.31. The van der Waals surface area contributed by atoms with E-state index in [4.69, 9.17) is 5.73 Å². The fourth-order valence-corrected chi connectivity index (χ4v) is 1.68. The molecule has 0 unspecified atom stereocenters. The van der Waals surface area contributed by atoms with E-state index in [2.05, 4.69) is 4.74 Å². The molecule has 116 valence electrons. The summed E-state index contributed by atoms with van der Waals surface area (Å²) in [5, 5.41) is 19.3. The Bertz CT molecular complexity index is 429. The topological polar surface area (TPSA) is 75.7 Å². The summed E-state index contributed by atoms with van der Waals surface area (Å²) in [6.07, 6.45) is -4.73. The standard InChI is InChI=1S/C12H16F3NO3.ClH/c1-2-3-10(18)11(16)8-6-7(4-5-9(8)17)19-12(13,14)15;/h4-6,10-11,17-18H,2-3,16H2,1H3;1H/t10-,11+;/m0./s1. The largest absolute Gasteiger partial charge is 0.573 e. The van der Waals surface area contributed by atoms with Crippen LogP contribution in [0.2, 0.25) is 0 Å². The average molecular weight is 316 g/mol. The van der Waals surface area contributed by atoms with Crippen LogP contribution in [0.3, 0.4) is 0 Å². The minimum atomic E-state index is -4.82. The van der Waals surface area contributed by atoms with Crippen LogP contribution in [-0.2, 0) is 0 Å². The third kappa shape index (κ3) is 5.44. The molecule has 0 saturated carbocycles. The highest BCUT2D eigenvalue weighted by atomic mass is 35.5. The fraction of sp³-hybridized carbons (Fsp3) is 0.500. The van der Waals surface area contributed by atoms with Crippen molar-refractivity contribution >= 4 is 12.4 Å². The summed E-state index contributed by atoms with van der Waals surface area (Å²) in [4.78, 5) is 0. The van der Waals surface area contributed by atoms with Gasteiger partial charge in [0.05, 0.1) is 12.1 Å². The van der Waals surface area contributed by atoms with Gasteiger partial charge in [-0.15, -0.1) is 25.6 Å². The molecule has 0 bridgehead atoms. The molecule has 4 N–H and O–H groups in total. The fourth-order valence-electron chi connectivity index (χ4n) is 1.68. The Kier molecular flexibility index (Phi) is 7.12. The summed E-state index contributed by atoms with van der Waals surface area (Å²) >= 11 is 0. The molecule has 0 heterocycles. The summed E-state index contributed by atoms with van der Waals surface area (Å²) in [6.45, 7) is 1.83. The van der Waals surface area contributed by atoms with Crippen molar-refractivity contribution in [2.45, 2.75) is 38.3 Å². The van der Waals surface area contributed by atoms with Crippen molar-refractivity contribution in [2.24, 2.45) is 5.73 Å². The molecule has 0 amide bonds. The first-order valence-corrected chi connectivity index (χ1v) is 5.77. The van der Waals surface area contributed by atoms with E-state index in [1.54, 1.807) is 0 Å². The van der Waals surface area contributed by atoms with Gasteiger partial charge in [0, 0.05) is 5.56 Å². The summed E-state index contributed by atoms with van der Waals surface area (Å²) in [6, 6.07) is 2.03. The van der Waals surface area contributed by atoms with Crippen LogP contribution in [0.4, 0.5) is 13.2 Å². The SMILES string of the molecule is CCC[C@H](O)[C@H](N)c1cc(OC(F)(F)F)ccc1O.Cl. The van der Waals surface area contributed by atoms with Crippen LogP contribution in [-0.4, -0.2) is 22.7 Å². The second-order valence-electron chi connectivity index (χ2n) is 4.15. The first-order valence-electron chi connectivity index (χ1n) is 5.77. The molecule has 0 aliphatic carbocycles. The van der Waals surface area contributed by atoms with Crippen LogP contribution in [0, 0.1) is 0 Å². The molecule has 1 aromatic rings. The highest BCUT2D eigenvalue weighted by Crippen LogP contribution is 2.32. The number of hydrogen-bond donors (Lipinski definition) is 3. The lowest BCUT2D eigenvalue weighted by atomic mass is 9.98. The number of alkyl halides is 3. The van der Waals surface area contributed by atoms with E-state index < -0.39 is 24.3 Å². The zero-order valence-corrected chi connectivity index (χ0v) is 11.5. The van der Waals surface area contributed by atoms with Gasteiger partial charge in [-0.2, -0.15) is 0 Å².